The van der Waals surface area contributed by atoms with Gasteiger partial charge >= 0.3 is 0 Å². The third-order valence-electron chi connectivity index (χ3n) is 5.49. The highest BCUT2D eigenvalue weighted by Crippen LogP contribution is 2.35. The summed E-state index contributed by atoms with van der Waals surface area (Å²) in [5.41, 5.74) is 6.96. The predicted molar refractivity (Wildman–Crippen MR) is 129 cm³/mol. The lowest BCUT2D eigenvalue weighted by molar-refractivity contribution is 0.355. The SMILES string of the molecule is COc1ccc(-c2c(C)nn3c(NCc4ccc(N(C)C)cc4)cc(C)nc23)cc1OC. The Morgan fingerprint density at radius 2 is 1.66 bits per heavy atom. The van der Waals surface area contributed by atoms with Crippen LogP contribution in [0.25, 0.3) is 16.8 Å². The molecule has 166 valence electrons. The summed E-state index contributed by atoms with van der Waals surface area (Å²) >= 11 is 0. The number of nitrogens with zero attached hydrogens (tertiary/aromatic N) is 4. The van der Waals surface area contributed by atoms with Crippen LogP contribution in [0.3, 0.4) is 0 Å². The lowest BCUT2D eigenvalue weighted by Gasteiger charge is -2.14. The van der Waals surface area contributed by atoms with Crippen LogP contribution in [0, 0.1) is 13.8 Å². The van der Waals surface area contributed by atoms with Crippen LogP contribution in [0.2, 0.25) is 0 Å². The lowest BCUT2D eigenvalue weighted by atomic mass is 10.1. The fourth-order valence-electron chi connectivity index (χ4n) is 3.80. The molecule has 0 amide bonds. The zero-order valence-corrected chi connectivity index (χ0v) is 19.4. The van der Waals surface area contributed by atoms with Crippen molar-refractivity contribution in [3.05, 3.63) is 65.5 Å². The first-order valence-electron chi connectivity index (χ1n) is 10.5. The van der Waals surface area contributed by atoms with E-state index < -0.39 is 0 Å². The number of hydrogen-bond acceptors (Lipinski definition) is 6. The van der Waals surface area contributed by atoms with E-state index >= 15 is 0 Å². The smallest absolute Gasteiger partial charge is 0.165 e. The summed E-state index contributed by atoms with van der Waals surface area (Å²) in [5, 5.41) is 8.32. The van der Waals surface area contributed by atoms with Crippen molar-refractivity contribution >= 4 is 17.2 Å². The number of nitrogens with one attached hydrogen (secondary N) is 1. The van der Waals surface area contributed by atoms with E-state index in [9.17, 15) is 0 Å². The van der Waals surface area contributed by atoms with Crippen LogP contribution in [-0.4, -0.2) is 42.9 Å². The molecule has 0 aliphatic carbocycles. The molecule has 0 bridgehead atoms. The minimum atomic E-state index is 0.677. The van der Waals surface area contributed by atoms with E-state index in [1.165, 1.54) is 11.3 Å². The van der Waals surface area contributed by atoms with Gasteiger partial charge in [0, 0.05) is 43.7 Å². The molecule has 7 heteroatoms. The van der Waals surface area contributed by atoms with Crippen LogP contribution in [-0.2, 0) is 6.54 Å². The number of ether oxygens (including phenoxy) is 2. The fraction of sp³-hybridized carbons (Fsp3) is 0.280. The second-order valence-corrected chi connectivity index (χ2v) is 7.96. The molecular weight excluding hydrogens is 402 g/mol. The van der Waals surface area contributed by atoms with E-state index in [-0.39, 0.29) is 0 Å². The Kier molecular flexibility index (Phi) is 5.90. The zero-order chi connectivity index (χ0) is 22.8. The van der Waals surface area contributed by atoms with Gasteiger partial charge in [-0.15, -0.1) is 0 Å². The average Bonchev–Trinajstić information content (AvgIpc) is 3.12. The quantitative estimate of drug-likeness (QED) is 0.457. The van der Waals surface area contributed by atoms with Gasteiger partial charge in [0.05, 0.1) is 19.9 Å². The second kappa shape index (κ2) is 8.78. The van der Waals surface area contributed by atoms with Gasteiger partial charge in [-0.3, -0.25) is 0 Å². The van der Waals surface area contributed by atoms with Gasteiger partial charge < -0.3 is 19.7 Å². The van der Waals surface area contributed by atoms with Crippen LogP contribution in [0.4, 0.5) is 11.5 Å². The number of anilines is 2. The van der Waals surface area contributed by atoms with Crippen LogP contribution < -0.4 is 19.7 Å². The first kappa shape index (κ1) is 21.5. The number of benzene rings is 2. The summed E-state index contributed by atoms with van der Waals surface area (Å²) in [6.45, 7) is 4.69. The van der Waals surface area contributed by atoms with Gasteiger partial charge in [-0.05, 0) is 49.2 Å². The number of hydrogen-bond donors (Lipinski definition) is 1. The molecular formula is C25H29N5O2. The van der Waals surface area contributed by atoms with Crippen molar-refractivity contribution in [2.45, 2.75) is 20.4 Å². The van der Waals surface area contributed by atoms with E-state index in [1.807, 2.05) is 56.7 Å². The number of aryl methyl sites for hydroxylation is 2. The number of fused-ring (bicyclic) bond motifs is 1. The minimum absolute atomic E-state index is 0.677. The van der Waals surface area contributed by atoms with Gasteiger partial charge in [-0.2, -0.15) is 9.61 Å². The molecule has 0 aliphatic heterocycles. The molecule has 0 saturated heterocycles. The van der Waals surface area contributed by atoms with Crippen LogP contribution in [0.1, 0.15) is 17.0 Å². The normalized spacial score (nSPS) is 10.9. The lowest BCUT2D eigenvalue weighted by Crippen LogP contribution is -2.09. The van der Waals surface area contributed by atoms with Crippen LogP contribution in [0.5, 0.6) is 11.5 Å². The van der Waals surface area contributed by atoms with Crippen molar-refractivity contribution in [3.8, 4) is 22.6 Å². The number of methoxy groups -OCH3 is 2. The summed E-state index contributed by atoms with van der Waals surface area (Å²) in [4.78, 5) is 6.89. The predicted octanol–water partition coefficient (Wildman–Crippen LogP) is 4.71. The Bertz CT molecular complexity index is 1250. The molecule has 2 aromatic heterocycles. The summed E-state index contributed by atoms with van der Waals surface area (Å²) in [6.07, 6.45) is 0. The second-order valence-electron chi connectivity index (χ2n) is 7.96. The largest absolute Gasteiger partial charge is 0.493 e. The van der Waals surface area contributed by atoms with Crippen molar-refractivity contribution in [2.75, 3.05) is 38.5 Å². The number of rotatable bonds is 7. The molecule has 2 aromatic carbocycles. The maximum atomic E-state index is 5.50. The van der Waals surface area contributed by atoms with E-state index in [4.69, 9.17) is 19.6 Å². The van der Waals surface area contributed by atoms with Crippen molar-refractivity contribution < 1.29 is 9.47 Å². The van der Waals surface area contributed by atoms with Crippen molar-refractivity contribution in [3.63, 3.8) is 0 Å². The molecule has 1 N–H and O–H groups in total. The van der Waals surface area contributed by atoms with Crippen molar-refractivity contribution in [1.29, 1.82) is 0 Å². The van der Waals surface area contributed by atoms with Crippen LogP contribution in [0.15, 0.2) is 48.5 Å². The molecule has 0 saturated carbocycles. The van der Waals surface area contributed by atoms with Crippen molar-refractivity contribution in [1.82, 2.24) is 14.6 Å². The number of aromatic nitrogens is 3. The van der Waals surface area contributed by atoms with Gasteiger partial charge in [0.15, 0.2) is 17.1 Å². The van der Waals surface area contributed by atoms with E-state index in [2.05, 4.69) is 34.5 Å². The Hall–Kier alpha value is -3.74. The molecule has 0 aliphatic rings. The molecule has 2 heterocycles. The standard InChI is InChI=1S/C25H29N5O2/c1-16-13-23(26-15-18-7-10-20(11-8-18)29(3)4)30-25(27-16)24(17(2)28-30)19-9-12-21(31-5)22(14-19)32-6/h7-14,26H,15H2,1-6H3. The summed E-state index contributed by atoms with van der Waals surface area (Å²) < 4.78 is 12.8. The maximum absolute atomic E-state index is 5.50. The Balaban J connectivity index is 1.70. The Labute approximate surface area is 188 Å². The highest BCUT2D eigenvalue weighted by atomic mass is 16.5. The van der Waals surface area contributed by atoms with Gasteiger partial charge in [0.1, 0.15) is 5.82 Å². The van der Waals surface area contributed by atoms with E-state index in [0.29, 0.717) is 18.0 Å². The molecule has 0 unspecified atom stereocenters. The Morgan fingerprint density at radius 3 is 2.31 bits per heavy atom. The van der Waals surface area contributed by atoms with Gasteiger partial charge in [0.2, 0.25) is 0 Å². The molecule has 32 heavy (non-hydrogen) atoms. The maximum Gasteiger partial charge on any atom is 0.165 e. The summed E-state index contributed by atoms with van der Waals surface area (Å²) in [7, 11) is 7.36. The molecule has 0 atom stereocenters. The third kappa shape index (κ3) is 4.06. The topological polar surface area (TPSA) is 63.9 Å². The monoisotopic (exact) mass is 431 g/mol. The third-order valence-corrected chi connectivity index (χ3v) is 5.49. The van der Waals surface area contributed by atoms with E-state index in [1.54, 1.807) is 14.2 Å². The highest BCUT2D eigenvalue weighted by molar-refractivity contribution is 5.82. The van der Waals surface area contributed by atoms with Crippen LogP contribution >= 0.6 is 0 Å². The van der Waals surface area contributed by atoms with E-state index in [0.717, 1.165) is 34.0 Å². The molecule has 0 radical (unpaired) electrons. The highest BCUT2D eigenvalue weighted by Gasteiger charge is 2.18. The molecule has 0 fully saturated rings. The first-order valence-corrected chi connectivity index (χ1v) is 10.5. The summed E-state index contributed by atoms with van der Waals surface area (Å²) in [5.74, 6) is 2.27. The average molecular weight is 432 g/mol. The Morgan fingerprint density at radius 1 is 0.938 bits per heavy atom. The zero-order valence-electron chi connectivity index (χ0n) is 19.4. The first-order chi connectivity index (χ1) is 15.4. The summed E-state index contributed by atoms with van der Waals surface area (Å²) in [6, 6.07) is 16.4. The van der Waals surface area contributed by atoms with Gasteiger partial charge in [0.25, 0.3) is 0 Å². The molecule has 0 spiro atoms. The van der Waals surface area contributed by atoms with Crippen molar-refractivity contribution in [2.24, 2.45) is 0 Å². The fourth-order valence-corrected chi connectivity index (χ4v) is 3.80. The molecule has 4 aromatic rings. The van der Waals surface area contributed by atoms with Gasteiger partial charge in [-0.1, -0.05) is 18.2 Å². The molecule has 4 rings (SSSR count). The van der Waals surface area contributed by atoms with Gasteiger partial charge in [-0.25, -0.2) is 4.98 Å². The minimum Gasteiger partial charge on any atom is -0.493 e. The molecule has 7 nitrogen and oxygen atoms in total.